The maximum absolute atomic E-state index is 11.7. The third-order valence-corrected chi connectivity index (χ3v) is 3.07. The first-order valence-corrected chi connectivity index (χ1v) is 6.16. The second kappa shape index (κ2) is 5.71. The molecule has 18 heavy (non-hydrogen) atoms. The molecule has 0 unspecified atom stereocenters. The molecule has 0 fully saturated rings. The van der Waals surface area contributed by atoms with Gasteiger partial charge in [-0.05, 0) is 34.7 Å². The normalized spacial score (nSPS) is 10.1. The summed E-state index contributed by atoms with van der Waals surface area (Å²) in [6.07, 6.45) is 2.00. The molecule has 1 amide bonds. The predicted molar refractivity (Wildman–Crippen MR) is 73.2 cm³/mol. The van der Waals surface area contributed by atoms with E-state index in [0.717, 1.165) is 9.26 Å². The molecular weight excluding hydrogens is 347 g/mol. The van der Waals surface area contributed by atoms with Crippen LogP contribution in [0.3, 0.4) is 0 Å². The van der Waals surface area contributed by atoms with Crippen molar-refractivity contribution in [3.8, 4) is 0 Å². The fraction of sp³-hybridized carbons (Fsp3) is 0.0909. The highest BCUT2D eigenvalue weighted by Gasteiger charge is 2.07. The van der Waals surface area contributed by atoms with E-state index >= 15 is 0 Å². The molecule has 0 bridgehead atoms. The average Bonchev–Trinajstić information content (AvgIpc) is 2.80. The number of nitrogens with one attached hydrogen (secondary N) is 1. The predicted octanol–water partition coefficient (Wildman–Crippen LogP) is 1.33. The minimum atomic E-state index is -0.221. The Balaban J connectivity index is 2.01. The number of aromatic nitrogens is 3. The molecule has 1 heterocycles. The Morgan fingerprint density at radius 1 is 1.44 bits per heavy atom. The Labute approximate surface area is 117 Å². The number of amides is 1. The number of rotatable bonds is 4. The summed E-state index contributed by atoms with van der Waals surface area (Å²) in [4.78, 5) is 22.2. The Kier molecular flexibility index (Phi) is 4.03. The lowest BCUT2D eigenvalue weighted by molar-refractivity contribution is -0.116. The fourth-order valence-corrected chi connectivity index (χ4v) is 1.87. The summed E-state index contributed by atoms with van der Waals surface area (Å²) in [6, 6.07) is 7.46. The Morgan fingerprint density at radius 2 is 2.22 bits per heavy atom. The van der Waals surface area contributed by atoms with Gasteiger partial charge in [0.25, 0.3) is 0 Å². The number of aldehydes is 1. The van der Waals surface area contributed by atoms with Crippen LogP contribution in [-0.2, 0) is 11.3 Å². The van der Waals surface area contributed by atoms with Gasteiger partial charge in [-0.3, -0.25) is 9.59 Å². The van der Waals surface area contributed by atoms with Crippen LogP contribution in [0.1, 0.15) is 10.5 Å². The van der Waals surface area contributed by atoms with Gasteiger partial charge in [0.15, 0.2) is 6.29 Å². The van der Waals surface area contributed by atoms with Crippen LogP contribution in [0.15, 0.2) is 30.5 Å². The molecule has 92 valence electrons. The number of para-hydroxylation sites is 1. The van der Waals surface area contributed by atoms with Crippen LogP contribution in [0.2, 0.25) is 0 Å². The summed E-state index contributed by atoms with van der Waals surface area (Å²) in [5, 5.41) is 10.0. The van der Waals surface area contributed by atoms with Crippen molar-refractivity contribution in [2.24, 2.45) is 0 Å². The van der Waals surface area contributed by atoms with E-state index in [2.05, 4.69) is 38.2 Å². The van der Waals surface area contributed by atoms with Gasteiger partial charge >= 0.3 is 0 Å². The van der Waals surface area contributed by atoms with E-state index in [1.54, 1.807) is 0 Å². The summed E-state index contributed by atoms with van der Waals surface area (Å²) in [5.74, 6) is -0.221. The molecule has 6 nitrogen and oxygen atoms in total. The molecule has 0 spiro atoms. The highest BCUT2D eigenvalue weighted by atomic mass is 127. The quantitative estimate of drug-likeness (QED) is 0.663. The summed E-state index contributed by atoms with van der Waals surface area (Å²) in [5.41, 5.74) is 0.955. The van der Waals surface area contributed by atoms with E-state index in [-0.39, 0.29) is 18.1 Å². The van der Waals surface area contributed by atoms with E-state index in [4.69, 9.17) is 0 Å². The molecule has 0 aliphatic rings. The third-order valence-electron chi connectivity index (χ3n) is 2.13. The zero-order valence-electron chi connectivity index (χ0n) is 9.21. The first kappa shape index (κ1) is 12.7. The molecule has 1 N–H and O–H groups in total. The van der Waals surface area contributed by atoms with E-state index in [9.17, 15) is 9.59 Å². The molecule has 0 aliphatic heterocycles. The Hall–Kier alpha value is -1.77. The van der Waals surface area contributed by atoms with Gasteiger partial charge in [0.05, 0.1) is 11.9 Å². The maximum Gasteiger partial charge on any atom is 0.246 e. The lowest BCUT2D eigenvalue weighted by atomic mass is 10.3. The number of hydrogen-bond donors (Lipinski definition) is 1. The van der Waals surface area contributed by atoms with Crippen LogP contribution < -0.4 is 5.32 Å². The average molecular weight is 356 g/mol. The van der Waals surface area contributed by atoms with E-state index < -0.39 is 0 Å². The van der Waals surface area contributed by atoms with Crippen molar-refractivity contribution in [1.82, 2.24) is 15.0 Å². The molecule has 0 saturated carbocycles. The molecule has 2 rings (SSSR count). The zero-order valence-corrected chi connectivity index (χ0v) is 11.4. The van der Waals surface area contributed by atoms with E-state index in [1.165, 1.54) is 10.9 Å². The van der Waals surface area contributed by atoms with Crippen LogP contribution in [0.25, 0.3) is 0 Å². The van der Waals surface area contributed by atoms with Gasteiger partial charge in [-0.15, -0.1) is 5.10 Å². The number of carbonyl (C=O) groups excluding carboxylic acids is 2. The van der Waals surface area contributed by atoms with Gasteiger partial charge in [-0.1, -0.05) is 17.3 Å². The number of anilines is 1. The van der Waals surface area contributed by atoms with Crippen molar-refractivity contribution in [3.63, 3.8) is 0 Å². The topological polar surface area (TPSA) is 76.9 Å². The summed E-state index contributed by atoms with van der Waals surface area (Å²) < 4.78 is 2.27. The van der Waals surface area contributed by atoms with Gasteiger partial charge in [0.2, 0.25) is 5.91 Å². The zero-order chi connectivity index (χ0) is 13.0. The first-order valence-electron chi connectivity index (χ1n) is 5.09. The highest BCUT2D eigenvalue weighted by molar-refractivity contribution is 14.1. The molecule has 0 radical (unpaired) electrons. The fourth-order valence-electron chi connectivity index (χ4n) is 1.34. The smallest absolute Gasteiger partial charge is 0.246 e. The summed E-state index contributed by atoms with van der Waals surface area (Å²) >= 11 is 2.14. The van der Waals surface area contributed by atoms with Crippen LogP contribution in [0.4, 0.5) is 5.69 Å². The molecular formula is C11H9IN4O2. The van der Waals surface area contributed by atoms with Crippen LogP contribution >= 0.6 is 22.6 Å². The van der Waals surface area contributed by atoms with Crippen LogP contribution in [-0.4, -0.2) is 27.2 Å². The van der Waals surface area contributed by atoms with Gasteiger partial charge in [-0.25, -0.2) is 4.68 Å². The van der Waals surface area contributed by atoms with Crippen molar-refractivity contribution in [1.29, 1.82) is 0 Å². The Bertz CT molecular complexity index is 582. The highest BCUT2D eigenvalue weighted by Crippen LogP contribution is 2.16. The van der Waals surface area contributed by atoms with Gasteiger partial charge in [-0.2, -0.15) is 0 Å². The largest absolute Gasteiger partial charge is 0.324 e. The number of hydrogen-bond acceptors (Lipinski definition) is 4. The minimum absolute atomic E-state index is 0.0197. The molecule has 0 atom stereocenters. The van der Waals surface area contributed by atoms with E-state index in [1.807, 2.05) is 24.3 Å². The van der Waals surface area contributed by atoms with Gasteiger partial charge < -0.3 is 5.32 Å². The number of halogens is 1. The second-order valence-corrected chi connectivity index (χ2v) is 4.65. The standard InChI is InChI=1S/C11H9IN4O2/c12-9-3-1-2-4-10(9)13-11(18)6-16-5-8(7-17)14-15-16/h1-5,7H,6H2,(H,13,18). The van der Waals surface area contributed by atoms with Crippen molar-refractivity contribution < 1.29 is 9.59 Å². The van der Waals surface area contributed by atoms with Crippen molar-refractivity contribution in [3.05, 3.63) is 39.7 Å². The first-order chi connectivity index (χ1) is 8.69. The third kappa shape index (κ3) is 3.13. The van der Waals surface area contributed by atoms with Crippen LogP contribution in [0.5, 0.6) is 0 Å². The summed E-state index contributed by atoms with van der Waals surface area (Å²) in [7, 11) is 0. The number of nitrogens with zero attached hydrogens (tertiary/aromatic N) is 3. The number of carbonyl (C=O) groups is 2. The van der Waals surface area contributed by atoms with Gasteiger partial charge in [0.1, 0.15) is 12.2 Å². The lowest BCUT2D eigenvalue weighted by Gasteiger charge is -2.06. The Morgan fingerprint density at radius 3 is 2.89 bits per heavy atom. The SMILES string of the molecule is O=Cc1cn(CC(=O)Nc2ccccc2I)nn1. The molecule has 0 aliphatic carbocycles. The van der Waals surface area contributed by atoms with Crippen LogP contribution in [0, 0.1) is 3.57 Å². The van der Waals surface area contributed by atoms with Crippen molar-refractivity contribution >= 4 is 40.5 Å². The monoisotopic (exact) mass is 356 g/mol. The van der Waals surface area contributed by atoms with Crippen molar-refractivity contribution in [2.75, 3.05) is 5.32 Å². The lowest BCUT2D eigenvalue weighted by Crippen LogP contribution is -2.19. The van der Waals surface area contributed by atoms with Crippen molar-refractivity contribution in [2.45, 2.75) is 6.54 Å². The molecule has 7 heteroatoms. The molecule has 1 aromatic heterocycles. The number of benzene rings is 1. The van der Waals surface area contributed by atoms with E-state index in [0.29, 0.717) is 6.29 Å². The molecule has 2 aromatic rings. The molecule has 1 aromatic carbocycles. The van der Waals surface area contributed by atoms with Gasteiger partial charge in [0, 0.05) is 3.57 Å². The maximum atomic E-state index is 11.7. The second-order valence-electron chi connectivity index (χ2n) is 3.49. The molecule has 0 saturated heterocycles. The minimum Gasteiger partial charge on any atom is -0.324 e. The summed E-state index contributed by atoms with van der Waals surface area (Å²) in [6.45, 7) is 0.0197.